The first kappa shape index (κ1) is 9.39. The van der Waals surface area contributed by atoms with Crippen molar-refractivity contribution < 1.29 is 9.26 Å². The Hall–Kier alpha value is -2.17. The van der Waals surface area contributed by atoms with Gasteiger partial charge in [-0.25, -0.2) is 0 Å². The van der Waals surface area contributed by atoms with E-state index in [9.17, 15) is 0 Å². The summed E-state index contributed by atoms with van der Waals surface area (Å²) in [6.07, 6.45) is 0. The highest BCUT2D eigenvalue weighted by Crippen LogP contribution is 2.28. The zero-order valence-electron chi connectivity index (χ0n) is 8.23. The van der Waals surface area contributed by atoms with Crippen molar-refractivity contribution in [2.24, 2.45) is 0 Å². The SMILES string of the molecule is COc1ccc(-c2cc(N)on2)cc1N. The lowest BCUT2D eigenvalue weighted by molar-refractivity contribution is 0.417. The normalized spacial score (nSPS) is 10.2. The van der Waals surface area contributed by atoms with Crippen LogP contribution in [0.15, 0.2) is 28.8 Å². The second-order valence-corrected chi connectivity index (χ2v) is 3.07. The number of rotatable bonds is 2. The minimum atomic E-state index is 0.277. The molecule has 0 radical (unpaired) electrons. The Morgan fingerprint density at radius 3 is 2.60 bits per heavy atom. The molecule has 2 aromatic rings. The first-order valence-electron chi connectivity index (χ1n) is 4.37. The van der Waals surface area contributed by atoms with Crippen LogP contribution in [-0.4, -0.2) is 12.3 Å². The Kier molecular flexibility index (Phi) is 2.21. The van der Waals surface area contributed by atoms with Gasteiger partial charge in [0.1, 0.15) is 11.4 Å². The first-order valence-corrected chi connectivity index (χ1v) is 4.37. The quantitative estimate of drug-likeness (QED) is 0.725. The number of ether oxygens (including phenoxy) is 1. The van der Waals surface area contributed by atoms with Crippen LogP contribution in [0.2, 0.25) is 0 Å². The standard InChI is InChI=1S/C10H11N3O2/c1-14-9-3-2-6(4-7(9)11)8-5-10(12)15-13-8/h2-5H,11-12H2,1H3. The second-order valence-electron chi connectivity index (χ2n) is 3.07. The summed E-state index contributed by atoms with van der Waals surface area (Å²) in [4.78, 5) is 0. The van der Waals surface area contributed by atoms with Gasteiger partial charge in [0, 0.05) is 11.6 Å². The van der Waals surface area contributed by atoms with Crippen LogP contribution in [0.1, 0.15) is 0 Å². The van der Waals surface area contributed by atoms with Crippen molar-refractivity contribution >= 4 is 11.6 Å². The molecule has 0 amide bonds. The third-order valence-corrected chi connectivity index (χ3v) is 2.05. The molecular formula is C10H11N3O2. The lowest BCUT2D eigenvalue weighted by Crippen LogP contribution is -1.92. The van der Waals surface area contributed by atoms with Crippen molar-refractivity contribution in [2.75, 3.05) is 18.6 Å². The van der Waals surface area contributed by atoms with Crippen molar-refractivity contribution in [2.45, 2.75) is 0 Å². The van der Waals surface area contributed by atoms with E-state index in [4.69, 9.17) is 20.7 Å². The molecule has 0 aliphatic carbocycles. The summed E-state index contributed by atoms with van der Waals surface area (Å²) in [6, 6.07) is 7.01. The number of nitrogen functional groups attached to an aromatic ring is 2. The van der Waals surface area contributed by atoms with Crippen LogP contribution in [0, 0.1) is 0 Å². The van der Waals surface area contributed by atoms with Crippen LogP contribution in [0.3, 0.4) is 0 Å². The average molecular weight is 205 g/mol. The van der Waals surface area contributed by atoms with Crippen molar-refractivity contribution in [3.05, 3.63) is 24.3 Å². The van der Waals surface area contributed by atoms with E-state index in [1.54, 1.807) is 25.3 Å². The summed E-state index contributed by atoms with van der Waals surface area (Å²) in [5.74, 6) is 0.912. The molecule has 0 bridgehead atoms. The van der Waals surface area contributed by atoms with E-state index in [-0.39, 0.29) is 5.88 Å². The number of benzene rings is 1. The fourth-order valence-electron chi connectivity index (χ4n) is 1.32. The van der Waals surface area contributed by atoms with Gasteiger partial charge in [-0.3, -0.25) is 0 Å². The molecule has 1 heterocycles. The summed E-state index contributed by atoms with van der Waals surface area (Å²) in [5.41, 5.74) is 13.2. The van der Waals surface area contributed by atoms with E-state index in [0.29, 0.717) is 17.1 Å². The Morgan fingerprint density at radius 2 is 2.07 bits per heavy atom. The monoisotopic (exact) mass is 205 g/mol. The van der Waals surface area contributed by atoms with Crippen LogP contribution >= 0.6 is 0 Å². The lowest BCUT2D eigenvalue weighted by Gasteiger charge is -2.04. The molecule has 0 aliphatic rings. The number of nitrogens with zero attached hydrogens (tertiary/aromatic N) is 1. The van der Waals surface area contributed by atoms with Crippen LogP contribution in [0.5, 0.6) is 5.75 Å². The fraction of sp³-hybridized carbons (Fsp3) is 0.100. The van der Waals surface area contributed by atoms with Gasteiger partial charge in [0.25, 0.3) is 0 Å². The minimum Gasteiger partial charge on any atom is -0.495 e. The highest BCUT2D eigenvalue weighted by atomic mass is 16.5. The predicted octanol–water partition coefficient (Wildman–Crippen LogP) is 1.51. The van der Waals surface area contributed by atoms with Gasteiger partial charge in [0.2, 0.25) is 5.88 Å². The fourth-order valence-corrected chi connectivity index (χ4v) is 1.32. The zero-order valence-corrected chi connectivity index (χ0v) is 8.23. The van der Waals surface area contributed by atoms with Gasteiger partial charge in [-0.2, -0.15) is 0 Å². The topological polar surface area (TPSA) is 87.3 Å². The van der Waals surface area contributed by atoms with Gasteiger partial charge in [0.05, 0.1) is 12.8 Å². The van der Waals surface area contributed by atoms with E-state index < -0.39 is 0 Å². The highest BCUT2D eigenvalue weighted by Gasteiger charge is 2.06. The maximum Gasteiger partial charge on any atom is 0.222 e. The number of nitrogens with two attached hydrogens (primary N) is 2. The molecule has 5 heteroatoms. The van der Waals surface area contributed by atoms with Gasteiger partial charge in [-0.15, -0.1) is 0 Å². The summed E-state index contributed by atoms with van der Waals surface area (Å²) >= 11 is 0. The van der Waals surface area contributed by atoms with Gasteiger partial charge < -0.3 is 20.7 Å². The van der Waals surface area contributed by atoms with Gasteiger partial charge in [-0.1, -0.05) is 5.16 Å². The van der Waals surface area contributed by atoms with Gasteiger partial charge in [-0.05, 0) is 18.2 Å². The molecule has 15 heavy (non-hydrogen) atoms. The third-order valence-electron chi connectivity index (χ3n) is 2.05. The largest absolute Gasteiger partial charge is 0.495 e. The van der Waals surface area contributed by atoms with Crippen LogP contribution in [0.25, 0.3) is 11.3 Å². The van der Waals surface area contributed by atoms with Gasteiger partial charge in [0.15, 0.2) is 0 Å². The molecule has 0 spiro atoms. The Bertz CT molecular complexity index is 479. The summed E-state index contributed by atoms with van der Waals surface area (Å²) in [6.45, 7) is 0. The molecule has 1 aromatic carbocycles. The van der Waals surface area contributed by atoms with Crippen LogP contribution < -0.4 is 16.2 Å². The van der Waals surface area contributed by atoms with Crippen molar-refractivity contribution in [1.82, 2.24) is 5.16 Å². The lowest BCUT2D eigenvalue weighted by atomic mass is 10.1. The first-order chi connectivity index (χ1) is 7.20. The zero-order chi connectivity index (χ0) is 10.8. The molecule has 0 aliphatic heterocycles. The Labute approximate surface area is 86.6 Å². The molecule has 1 aromatic heterocycles. The predicted molar refractivity (Wildman–Crippen MR) is 57.3 cm³/mol. The maximum atomic E-state index is 5.76. The Morgan fingerprint density at radius 1 is 1.27 bits per heavy atom. The van der Waals surface area contributed by atoms with E-state index in [2.05, 4.69) is 5.16 Å². The number of aromatic nitrogens is 1. The molecule has 0 atom stereocenters. The molecule has 0 unspecified atom stereocenters. The Balaban J connectivity index is 2.42. The highest BCUT2D eigenvalue weighted by molar-refractivity contribution is 5.69. The third kappa shape index (κ3) is 1.71. The molecule has 0 saturated heterocycles. The molecule has 0 fully saturated rings. The summed E-state index contributed by atoms with van der Waals surface area (Å²) in [5, 5.41) is 3.79. The van der Waals surface area contributed by atoms with Crippen molar-refractivity contribution in [1.29, 1.82) is 0 Å². The van der Waals surface area contributed by atoms with Crippen LogP contribution in [0.4, 0.5) is 11.6 Å². The molecule has 4 N–H and O–H groups in total. The maximum absolute atomic E-state index is 5.76. The summed E-state index contributed by atoms with van der Waals surface area (Å²) in [7, 11) is 1.57. The van der Waals surface area contributed by atoms with Crippen LogP contribution in [-0.2, 0) is 0 Å². The minimum absolute atomic E-state index is 0.277. The molecular weight excluding hydrogens is 194 g/mol. The molecule has 78 valence electrons. The summed E-state index contributed by atoms with van der Waals surface area (Å²) < 4.78 is 9.82. The molecule has 2 rings (SSSR count). The van der Waals surface area contributed by atoms with E-state index in [0.717, 1.165) is 5.56 Å². The van der Waals surface area contributed by atoms with Crippen molar-refractivity contribution in [3.8, 4) is 17.0 Å². The van der Waals surface area contributed by atoms with Crippen molar-refractivity contribution in [3.63, 3.8) is 0 Å². The van der Waals surface area contributed by atoms with Gasteiger partial charge >= 0.3 is 0 Å². The second kappa shape index (κ2) is 3.53. The molecule has 5 nitrogen and oxygen atoms in total. The number of hydrogen-bond acceptors (Lipinski definition) is 5. The smallest absolute Gasteiger partial charge is 0.222 e. The van der Waals surface area contributed by atoms with E-state index in [1.807, 2.05) is 6.07 Å². The number of anilines is 2. The van der Waals surface area contributed by atoms with E-state index >= 15 is 0 Å². The van der Waals surface area contributed by atoms with E-state index in [1.165, 1.54) is 0 Å². The average Bonchev–Trinajstić information content (AvgIpc) is 2.65. The molecule has 0 saturated carbocycles. The number of hydrogen-bond donors (Lipinski definition) is 2. The number of methoxy groups -OCH3 is 1.